The van der Waals surface area contributed by atoms with E-state index in [0.29, 0.717) is 32.5 Å². The Morgan fingerprint density at radius 1 is 1.20 bits per heavy atom. The van der Waals surface area contributed by atoms with E-state index in [1.165, 1.54) is 0 Å². The van der Waals surface area contributed by atoms with Crippen molar-refractivity contribution in [3.63, 3.8) is 0 Å². The molecule has 0 spiro atoms. The van der Waals surface area contributed by atoms with Crippen molar-refractivity contribution in [1.82, 2.24) is 4.90 Å². The first-order valence-electron chi connectivity index (χ1n) is 6.71. The quantitative estimate of drug-likeness (QED) is 0.736. The zero-order valence-electron chi connectivity index (χ0n) is 12.2. The van der Waals surface area contributed by atoms with E-state index >= 15 is 0 Å². The summed E-state index contributed by atoms with van der Waals surface area (Å²) in [6.45, 7) is 1.32. The minimum Gasteiger partial charge on any atom is -0.497 e. The Bertz CT molecular complexity index is 391. The fraction of sp³-hybridized carbons (Fsp3) is 0.533. The monoisotopic (exact) mass is 281 g/mol. The standard InChI is InChI=1S/C15H23NO4/c1-19-12-10-16(9-11-17)15(18)8-5-13-3-6-14(20-2)7-4-13/h3-4,6-7,17H,5,8-12H2,1-2H3. The second-order valence-electron chi connectivity index (χ2n) is 4.45. The van der Waals surface area contributed by atoms with Gasteiger partial charge in [-0.3, -0.25) is 4.79 Å². The van der Waals surface area contributed by atoms with Gasteiger partial charge in [0.2, 0.25) is 5.91 Å². The zero-order valence-corrected chi connectivity index (χ0v) is 12.2. The molecular weight excluding hydrogens is 258 g/mol. The van der Waals surface area contributed by atoms with E-state index < -0.39 is 0 Å². The normalized spacial score (nSPS) is 10.3. The first-order chi connectivity index (χ1) is 9.71. The summed E-state index contributed by atoms with van der Waals surface area (Å²) in [7, 11) is 3.22. The molecule has 0 bridgehead atoms. The van der Waals surface area contributed by atoms with Crippen molar-refractivity contribution in [3.05, 3.63) is 29.8 Å². The molecule has 0 saturated heterocycles. The Morgan fingerprint density at radius 2 is 1.90 bits per heavy atom. The van der Waals surface area contributed by atoms with Crippen LogP contribution in [0.15, 0.2) is 24.3 Å². The lowest BCUT2D eigenvalue weighted by atomic mass is 10.1. The van der Waals surface area contributed by atoms with E-state index in [2.05, 4.69) is 0 Å². The van der Waals surface area contributed by atoms with Gasteiger partial charge in [-0.25, -0.2) is 0 Å². The summed E-state index contributed by atoms with van der Waals surface area (Å²) in [4.78, 5) is 13.7. The molecule has 0 heterocycles. The number of amides is 1. The van der Waals surface area contributed by atoms with Gasteiger partial charge in [0, 0.05) is 26.6 Å². The number of methoxy groups -OCH3 is 2. The molecule has 0 radical (unpaired) electrons. The minimum atomic E-state index is -0.0298. The zero-order chi connectivity index (χ0) is 14.8. The highest BCUT2D eigenvalue weighted by atomic mass is 16.5. The molecule has 0 fully saturated rings. The number of rotatable bonds is 9. The number of nitrogens with zero attached hydrogens (tertiary/aromatic N) is 1. The molecule has 112 valence electrons. The van der Waals surface area contributed by atoms with Gasteiger partial charge in [-0.15, -0.1) is 0 Å². The van der Waals surface area contributed by atoms with E-state index in [-0.39, 0.29) is 12.5 Å². The Morgan fingerprint density at radius 3 is 2.45 bits per heavy atom. The van der Waals surface area contributed by atoms with Crippen molar-refractivity contribution < 1.29 is 19.4 Å². The number of hydrogen-bond donors (Lipinski definition) is 1. The van der Waals surface area contributed by atoms with Crippen LogP contribution in [0.4, 0.5) is 0 Å². The molecule has 0 atom stereocenters. The molecule has 0 aliphatic rings. The summed E-state index contributed by atoms with van der Waals surface area (Å²) in [5.41, 5.74) is 1.09. The summed E-state index contributed by atoms with van der Waals surface area (Å²) in [6, 6.07) is 7.68. The van der Waals surface area contributed by atoms with Crippen LogP contribution in [-0.4, -0.2) is 56.4 Å². The lowest BCUT2D eigenvalue weighted by Crippen LogP contribution is -2.36. The molecule has 1 aromatic rings. The van der Waals surface area contributed by atoms with Gasteiger partial charge in [0.1, 0.15) is 5.75 Å². The van der Waals surface area contributed by atoms with Crippen molar-refractivity contribution in [3.8, 4) is 5.75 Å². The van der Waals surface area contributed by atoms with Gasteiger partial charge in [-0.05, 0) is 24.1 Å². The first kappa shape index (κ1) is 16.5. The Labute approximate surface area is 120 Å². The van der Waals surface area contributed by atoms with Gasteiger partial charge >= 0.3 is 0 Å². The summed E-state index contributed by atoms with van der Waals surface area (Å²) in [5, 5.41) is 8.98. The molecule has 5 nitrogen and oxygen atoms in total. The first-order valence-corrected chi connectivity index (χ1v) is 6.71. The minimum absolute atomic E-state index is 0.0298. The number of aliphatic hydroxyl groups excluding tert-OH is 1. The van der Waals surface area contributed by atoms with Crippen LogP contribution in [0.25, 0.3) is 0 Å². The predicted molar refractivity (Wildman–Crippen MR) is 76.9 cm³/mol. The van der Waals surface area contributed by atoms with Crippen LogP contribution in [0.3, 0.4) is 0 Å². The SMILES string of the molecule is COCCN(CCO)C(=O)CCc1ccc(OC)cc1. The number of aliphatic hydroxyl groups is 1. The second kappa shape index (κ2) is 9.34. The smallest absolute Gasteiger partial charge is 0.223 e. The molecule has 0 aliphatic carbocycles. The van der Waals surface area contributed by atoms with E-state index in [1.807, 2.05) is 24.3 Å². The van der Waals surface area contributed by atoms with Crippen molar-refractivity contribution in [2.45, 2.75) is 12.8 Å². The Kier molecular flexibility index (Phi) is 7.69. The van der Waals surface area contributed by atoms with Crippen molar-refractivity contribution in [2.75, 3.05) is 40.5 Å². The molecule has 1 amide bonds. The van der Waals surface area contributed by atoms with Gasteiger partial charge < -0.3 is 19.5 Å². The molecule has 20 heavy (non-hydrogen) atoms. The third kappa shape index (κ3) is 5.59. The average Bonchev–Trinajstić information content (AvgIpc) is 2.49. The highest BCUT2D eigenvalue weighted by molar-refractivity contribution is 5.76. The van der Waals surface area contributed by atoms with Gasteiger partial charge in [0.25, 0.3) is 0 Å². The maximum absolute atomic E-state index is 12.1. The number of carbonyl (C=O) groups is 1. The molecular formula is C15H23NO4. The summed E-state index contributed by atoms with van der Waals surface area (Å²) >= 11 is 0. The fourth-order valence-electron chi connectivity index (χ4n) is 1.88. The molecule has 1 aromatic carbocycles. The molecule has 1 N–H and O–H groups in total. The van der Waals surface area contributed by atoms with Crippen LogP contribution in [0, 0.1) is 0 Å². The van der Waals surface area contributed by atoms with E-state index in [1.54, 1.807) is 19.1 Å². The van der Waals surface area contributed by atoms with Gasteiger partial charge in [-0.1, -0.05) is 12.1 Å². The van der Waals surface area contributed by atoms with Crippen molar-refractivity contribution >= 4 is 5.91 Å². The topological polar surface area (TPSA) is 59.0 Å². The lowest BCUT2D eigenvalue weighted by Gasteiger charge is -2.21. The summed E-state index contributed by atoms with van der Waals surface area (Å²) < 4.78 is 10.1. The van der Waals surface area contributed by atoms with Crippen LogP contribution in [-0.2, 0) is 16.0 Å². The number of benzene rings is 1. The largest absolute Gasteiger partial charge is 0.497 e. The van der Waals surface area contributed by atoms with E-state index in [4.69, 9.17) is 14.6 Å². The number of aryl methyl sites for hydroxylation is 1. The van der Waals surface area contributed by atoms with Crippen molar-refractivity contribution in [1.29, 1.82) is 0 Å². The highest BCUT2D eigenvalue weighted by Gasteiger charge is 2.12. The van der Waals surface area contributed by atoms with Crippen LogP contribution >= 0.6 is 0 Å². The van der Waals surface area contributed by atoms with Crippen LogP contribution in [0.5, 0.6) is 5.75 Å². The summed E-state index contributed by atoms with van der Waals surface area (Å²) in [5.74, 6) is 0.842. The van der Waals surface area contributed by atoms with E-state index in [0.717, 1.165) is 11.3 Å². The Hall–Kier alpha value is -1.59. The fourth-order valence-corrected chi connectivity index (χ4v) is 1.88. The van der Waals surface area contributed by atoms with Crippen LogP contribution in [0.1, 0.15) is 12.0 Å². The number of hydrogen-bond acceptors (Lipinski definition) is 4. The molecule has 0 aromatic heterocycles. The lowest BCUT2D eigenvalue weighted by molar-refractivity contribution is -0.132. The molecule has 0 saturated carbocycles. The molecule has 5 heteroatoms. The highest BCUT2D eigenvalue weighted by Crippen LogP contribution is 2.13. The molecule has 1 rings (SSSR count). The second-order valence-corrected chi connectivity index (χ2v) is 4.45. The van der Waals surface area contributed by atoms with Crippen molar-refractivity contribution in [2.24, 2.45) is 0 Å². The maximum Gasteiger partial charge on any atom is 0.223 e. The number of carbonyl (C=O) groups excluding carboxylic acids is 1. The van der Waals surface area contributed by atoms with Gasteiger partial charge in [0.05, 0.1) is 20.3 Å². The molecule has 0 aliphatic heterocycles. The number of ether oxygens (including phenoxy) is 2. The average molecular weight is 281 g/mol. The van der Waals surface area contributed by atoms with Gasteiger partial charge in [0.15, 0.2) is 0 Å². The van der Waals surface area contributed by atoms with Gasteiger partial charge in [-0.2, -0.15) is 0 Å². The molecule has 0 unspecified atom stereocenters. The van der Waals surface area contributed by atoms with Crippen LogP contribution in [0.2, 0.25) is 0 Å². The third-order valence-electron chi connectivity index (χ3n) is 3.07. The third-order valence-corrected chi connectivity index (χ3v) is 3.07. The summed E-state index contributed by atoms with van der Waals surface area (Å²) in [6.07, 6.45) is 1.10. The van der Waals surface area contributed by atoms with Crippen LogP contribution < -0.4 is 4.74 Å². The maximum atomic E-state index is 12.1. The van der Waals surface area contributed by atoms with E-state index in [9.17, 15) is 4.79 Å². The Balaban J connectivity index is 2.46. The predicted octanol–water partition coefficient (Wildman–Crippen LogP) is 1.10.